The molecule has 0 bridgehead atoms. The van der Waals surface area contributed by atoms with Gasteiger partial charge in [-0.25, -0.2) is 14.8 Å². The van der Waals surface area contributed by atoms with Gasteiger partial charge < -0.3 is 15.4 Å². The minimum Gasteiger partial charge on any atom is -0.376 e. The molecule has 3 rings (SSSR count). The number of nitrogens with one attached hydrogen (secondary N) is 2. The normalized spacial score (nSPS) is 16.8. The van der Waals surface area contributed by atoms with Gasteiger partial charge in [0, 0.05) is 36.1 Å². The molecule has 1 fully saturated rings. The molecule has 2 N–H and O–H groups in total. The summed E-state index contributed by atoms with van der Waals surface area (Å²) in [5, 5.41) is 6.43. The Morgan fingerprint density at radius 3 is 2.92 bits per heavy atom. The number of amides is 2. The van der Waals surface area contributed by atoms with Crippen molar-refractivity contribution >= 4 is 23.5 Å². The number of aromatic nitrogens is 2. The Bertz CT molecular complexity index is 690. The van der Waals surface area contributed by atoms with Gasteiger partial charge in [0.15, 0.2) is 5.16 Å². The number of hydrogen-bond donors (Lipinski definition) is 2. The summed E-state index contributed by atoms with van der Waals surface area (Å²) in [6, 6.07) is 7.44. The van der Waals surface area contributed by atoms with Crippen LogP contribution in [-0.2, 0) is 4.74 Å². The smallest absolute Gasteiger partial charge is 0.319 e. The fraction of sp³-hybridized carbons (Fsp3) is 0.353. The van der Waals surface area contributed by atoms with E-state index in [1.165, 1.54) is 11.8 Å². The van der Waals surface area contributed by atoms with Crippen molar-refractivity contribution in [1.82, 2.24) is 15.3 Å². The molecule has 1 aromatic carbocycles. The molecule has 1 aromatic heterocycles. The number of benzene rings is 1. The Kier molecular flexibility index (Phi) is 5.66. The zero-order chi connectivity index (χ0) is 16.8. The Labute approximate surface area is 145 Å². The van der Waals surface area contributed by atoms with Crippen LogP contribution in [0.4, 0.5) is 10.5 Å². The Hall–Kier alpha value is -2.12. The third-order valence-electron chi connectivity index (χ3n) is 3.71. The number of nitrogens with zero attached hydrogens (tertiary/aromatic N) is 2. The molecule has 7 heteroatoms. The van der Waals surface area contributed by atoms with Crippen molar-refractivity contribution in [1.29, 1.82) is 0 Å². The van der Waals surface area contributed by atoms with Gasteiger partial charge in [-0.3, -0.25) is 0 Å². The molecule has 2 amide bonds. The van der Waals surface area contributed by atoms with Gasteiger partial charge in [0.1, 0.15) is 0 Å². The van der Waals surface area contributed by atoms with E-state index in [4.69, 9.17) is 4.74 Å². The number of rotatable bonds is 5. The van der Waals surface area contributed by atoms with E-state index in [1.54, 1.807) is 18.5 Å². The van der Waals surface area contributed by atoms with E-state index >= 15 is 0 Å². The first-order valence-corrected chi connectivity index (χ1v) is 8.74. The molecule has 126 valence electrons. The molecule has 6 nitrogen and oxygen atoms in total. The topological polar surface area (TPSA) is 76.1 Å². The zero-order valence-electron chi connectivity index (χ0n) is 13.5. The van der Waals surface area contributed by atoms with Crippen LogP contribution in [0, 0.1) is 6.92 Å². The van der Waals surface area contributed by atoms with Crippen LogP contribution in [0.15, 0.2) is 46.7 Å². The summed E-state index contributed by atoms with van der Waals surface area (Å²) in [6.45, 7) is 3.30. The number of carbonyl (C=O) groups excluding carboxylic acids is 1. The maximum absolute atomic E-state index is 12.0. The second kappa shape index (κ2) is 8.12. The van der Waals surface area contributed by atoms with E-state index < -0.39 is 0 Å². The van der Waals surface area contributed by atoms with E-state index in [-0.39, 0.29) is 12.1 Å². The summed E-state index contributed by atoms with van der Waals surface area (Å²) in [5.74, 6) is 0. The zero-order valence-corrected chi connectivity index (χ0v) is 14.3. The lowest BCUT2D eigenvalue weighted by Gasteiger charge is -2.13. The molecule has 2 aromatic rings. The van der Waals surface area contributed by atoms with Crippen molar-refractivity contribution in [2.24, 2.45) is 0 Å². The molecule has 1 saturated heterocycles. The Balaban J connectivity index is 1.55. The maximum Gasteiger partial charge on any atom is 0.319 e. The summed E-state index contributed by atoms with van der Waals surface area (Å²) < 4.78 is 5.49. The van der Waals surface area contributed by atoms with E-state index in [9.17, 15) is 4.79 Å². The average molecular weight is 344 g/mol. The first kappa shape index (κ1) is 16.7. The summed E-state index contributed by atoms with van der Waals surface area (Å²) in [4.78, 5) is 21.4. The number of anilines is 1. The summed E-state index contributed by atoms with van der Waals surface area (Å²) in [6.07, 6.45) is 5.65. The number of hydrogen-bond acceptors (Lipinski definition) is 5. The second-order valence-electron chi connectivity index (χ2n) is 5.58. The van der Waals surface area contributed by atoms with Gasteiger partial charge in [0.2, 0.25) is 0 Å². The molecule has 0 aliphatic carbocycles. The highest BCUT2D eigenvalue weighted by Crippen LogP contribution is 2.27. The van der Waals surface area contributed by atoms with Crippen LogP contribution < -0.4 is 10.6 Å². The molecule has 0 saturated carbocycles. The second-order valence-corrected chi connectivity index (χ2v) is 6.62. The van der Waals surface area contributed by atoms with Crippen LogP contribution in [0.3, 0.4) is 0 Å². The lowest BCUT2D eigenvalue weighted by molar-refractivity contribution is 0.112. The SMILES string of the molecule is Cc1cc(Sc2ncccn2)ccc1NC(=O)NCC1CCCO1. The van der Waals surface area contributed by atoms with Crippen LogP contribution in [0.5, 0.6) is 0 Å². The number of carbonyl (C=O) groups is 1. The van der Waals surface area contributed by atoms with Crippen molar-refractivity contribution in [2.75, 3.05) is 18.5 Å². The Morgan fingerprint density at radius 1 is 1.38 bits per heavy atom. The van der Waals surface area contributed by atoms with Crippen LogP contribution in [0.2, 0.25) is 0 Å². The highest BCUT2D eigenvalue weighted by molar-refractivity contribution is 7.99. The molecular formula is C17H20N4O2S. The Morgan fingerprint density at radius 2 is 2.21 bits per heavy atom. The molecule has 0 radical (unpaired) electrons. The van der Waals surface area contributed by atoms with Crippen molar-refractivity contribution in [3.05, 3.63) is 42.2 Å². The highest BCUT2D eigenvalue weighted by atomic mass is 32.2. The van der Waals surface area contributed by atoms with Crippen LogP contribution in [0.1, 0.15) is 18.4 Å². The molecule has 1 unspecified atom stereocenters. The largest absolute Gasteiger partial charge is 0.376 e. The van der Waals surface area contributed by atoms with Crippen molar-refractivity contribution in [3.63, 3.8) is 0 Å². The lowest BCUT2D eigenvalue weighted by atomic mass is 10.2. The number of ether oxygens (including phenoxy) is 1. The van der Waals surface area contributed by atoms with Crippen LogP contribution in [-0.4, -0.2) is 35.3 Å². The quantitative estimate of drug-likeness (QED) is 0.815. The van der Waals surface area contributed by atoms with Crippen molar-refractivity contribution in [3.8, 4) is 0 Å². The van der Waals surface area contributed by atoms with E-state index in [0.717, 1.165) is 35.6 Å². The van der Waals surface area contributed by atoms with Crippen molar-refractivity contribution in [2.45, 2.75) is 35.9 Å². The molecule has 1 aliphatic rings. The van der Waals surface area contributed by atoms with Gasteiger partial charge in [0.05, 0.1) is 6.10 Å². The van der Waals surface area contributed by atoms with Gasteiger partial charge >= 0.3 is 6.03 Å². The number of aryl methyl sites for hydroxylation is 1. The van der Waals surface area contributed by atoms with Gasteiger partial charge in [-0.2, -0.15) is 0 Å². The number of urea groups is 1. The lowest BCUT2D eigenvalue weighted by Crippen LogP contribution is -2.35. The van der Waals surface area contributed by atoms with Gasteiger partial charge in [-0.1, -0.05) is 0 Å². The minimum absolute atomic E-state index is 0.140. The van der Waals surface area contributed by atoms with Gasteiger partial charge in [0.25, 0.3) is 0 Å². The van der Waals surface area contributed by atoms with E-state index in [2.05, 4.69) is 20.6 Å². The standard InChI is InChI=1S/C17H20N4O2S/c1-12-10-14(24-17-18-7-3-8-19-17)5-6-15(12)21-16(22)20-11-13-4-2-9-23-13/h3,5-8,10,13H,2,4,9,11H2,1H3,(H2,20,21,22). The highest BCUT2D eigenvalue weighted by Gasteiger charge is 2.16. The van der Waals surface area contributed by atoms with Gasteiger partial charge in [-0.05, 0) is 61.4 Å². The fourth-order valence-electron chi connectivity index (χ4n) is 2.46. The molecule has 2 heterocycles. The van der Waals surface area contributed by atoms with E-state index in [1.807, 2.05) is 25.1 Å². The first-order valence-electron chi connectivity index (χ1n) is 7.93. The monoisotopic (exact) mass is 344 g/mol. The van der Waals surface area contributed by atoms with Crippen LogP contribution >= 0.6 is 11.8 Å². The fourth-order valence-corrected chi connectivity index (χ4v) is 3.27. The van der Waals surface area contributed by atoms with E-state index in [0.29, 0.717) is 11.7 Å². The predicted octanol–water partition coefficient (Wildman–Crippen LogP) is 3.24. The summed E-state index contributed by atoms with van der Waals surface area (Å²) in [7, 11) is 0. The molecular weight excluding hydrogens is 324 g/mol. The van der Waals surface area contributed by atoms with Crippen molar-refractivity contribution < 1.29 is 9.53 Å². The van der Waals surface area contributed by atoms with Crippen LogP contribution in [0.25, 0.3) is 0 Å². The molecule has 1 aliphatic heterocycles. The molecule has 24 heavy (non-hydrogen) atoms. The third kappa shape index (κ3) is 4.69. The maximum atomic E-state index is 12.0. The third-order valence-corrected chi connectivity index (χ3v) is 4.59. The molecule has 0 spiro atoms. The molecule has 1 atom stereocenters. The summed E-state index contributed by atoms with van der Waals surface area (Å²) in [5.41, 5.74) is 1.78. The van der Waals surface area contributed by atoms with Gasteiger partial charge in [-0.15, -0.1) is 0 Å². The minimum atomic E-state index is -0.208. The summed E-state index contributed by atoms with van der Waals surface area (Å²) >= 11 is 1.49. The first-order chi connectivity index (χ1) is 11.7. The average Bonchev–Trinajstić information content (AvgIpc) is 3.10. The predicted molar refractivity (Wildman–Crippen MR) is 93.3 cm³/mol.